The fourth-order valence-electron chi connectivity index (χ4n) is 2.49. The van der Waals surface area contributed by atoms with E-state index in [9.17, 15) is 18.0 Å². The number of carbonyl (C=O) groups excluding carboxylic acids is 1. The molecule has 0 saturated carbocycles. The molecule has 0 radical (unpaired) electrons. The predicted molar refractivity (Wildman–Crippen MR) is 98.6 cm³/mol. The molecule has 0 unspecified atom stereocenters. The lowest BCUT2D eigenvalue weighted by molar-refractivity contribution is -0.137. The van der Waals surface area contributed by atoms with Crippen molar-refractivity contribution in [3.8, 4) is 0 Å². The molecule has 1 aromatic heterocycles. The highest BCUT2D eigenvalue weighted by Gasteiger charge is 2.33. The van der Waals surface area contributed by atoms with Gasteiger partial charge in [-0.3, -0.25) is 4.79 Å². The summed E-state index contributed by atoms with van der Waals surface area (Å²) in [4.78, 5) is 16.3. The zero-order valence-electron chi connectivity index (χ0n) is 14.1. The highest BCUT2D eigenvalue weighted by atomic mass is 32.2. The van der Waals surface area contributed by atoms with E-state index in [1.54, 1.807) is 12.4 Å². The second kappa shape index (κ2) is 8.30. The third kappa shape index (κ3) is 5.13. The number of nitrogens with one attached hydrogen (secondary N) is 1. The summed E-state index contributed by atoms with van der Waals surface area (Å²) in [6, 6.07) is 14.7. The third-order valence-electron chi connectivity index (χ3n) is 3.71. The van der Waals surface area contributed by atoms with E-state index in [2.05, 4.69) is 10.3 Å². The molecule has 0 atom stereocenters. The zero-order chi connectivity index (χ0) is 19.3. The van der Waals surface area contributed by atoms with Gasteiger partial charge in [0.05, 0.1) is 17.0 Å². The van der Waals surface area contributed by atoms with Crippen LogP contribution in [-0.2, 0) is 17.5 Å². The molecular weight excluding hydrogens is 375 g/mol. The molecule has 1 heterocycles. The van der Waals surface area contributed by atoms with Gasteiger partial charge in [-0.25, -0.2) is 4.98 Å². The Morgan fingerprint density at radius 2 is 1.78 bits per heavy atom. The van der Waals surface area contributed by atoms with E-state index < -0.39 is 17.6 Å². The quantitative estimate of drug-likeness (QED) is 0.621. The SMILES string of the molecule is O=C(CSc1nccn1Cc1ccccc1)Nc1ccccc1C(F)(F)F. The number of amides is 1. The molecule has 1 N–H and O–H groups in total. The number of hydrogen-bond donors (Lipinski definition) is 1. The second-order valence-electron chi connectivity index (χ2n) is 5.70. The summed E-state index contributed by atoms with van der Waals surface area (Å²) in [5.74, 6) is -0.566. The maximum Gasteiger partial charge on any atom is 0.418 e. The van der Waals surface area contributed by atoms with Crippen molar-refractivity contribution in [2.24, 2.45) is 0 Å². The summed E-state index contributed by atoms with van der Waals surface area (Å²) in [6.07, 6.45) is -1.10. The van der Waals surface area contributed by atoms with Crippen molar-refractivity contribution in [2.45, 2.75) is 17.9 Å². The Morgan fingerprint density at radius 1 is 1.07 bits per heavy atom. The minimum atomic E-state index is -4.52. The summed E-state index contributed by atoms with van der Waals surface area (Å²) < 4.78 is 40.9. The fourth-order valence-corrected chi connectivity index (χ4v) is 3.25. The molecule has 4 nitrogen and oxygen atoms in total. The molecule has 1 amide bonds. The van der Waals surface area contributed by atoms with Gasteiger partial charge >= 0.3 is 6.18 Å². The van der Waals surface area contributed by atoms with E-state index in [0.29, 0.717) is 11.7 Å². The van der Waals surface area contributed by atoms with Crippen molar-refractivity contribution in [3.63, 3.8) is 0 Å². The number of hydrogen-bond acceptors (Lipinski definition) is 3. The maximum absolute atomic E-state index is 13.0. The molecule has 0 aliphatic carbocycles. The number of rotatable bonds is 6. The number of para-hydroxylation sites is 1. The first-order chi connectivity index (χ1) is 12.9. The van der Waals surface area contributed by atoms with Crippen molar-refractivity contribution in [3.05, 3.63) is 78.1 Å². The number of carbonyl (C=O) groups is 1. The van der Waals surface area contributed by atoms with Crippen molar-refractivity contribution < 1.29 is 18.0 Å². The fraction of sp³-hybridized carbons (Fsp3) is 0.158. The van der Waals surface area contributed by atoms with E-state index in [1.807, 2.05) is 34.9 Å². The number of nitrogens with zero attached hydrogens (tertiary/aromatic N) is 2. The number of aromatic nitrogens is 2. The Hall–Kier alpha value is -2.74. The van der Waals surface area contributed by atoms with Crippen LogP contribution in [0.5, 0.6) is 0 Å². The molecule has 27 heavy (non-hydrogen) atoms. The van der Waals surface area contributed by atoms with E-state index >= 15 is 0 Å². The molecular formula is C19H16F3N3OS. The van der Waals surface area contributed by atoms with Crippen LogP contribution in [0.4, 0.5) is 18.9 Å². The molecule has 2 aromatic carbocycles. The molecule has 0 saturated heterocycles. The van der Waals surface area contributed by atoms with Crippen molar-refractivity contribution in [1.82, 2.24) is 9.55 Å². The number of anilines is 1. The van der Waals surface area contributed by atoms with Crippen LogP contribution in [0.15, 0.2) is 72.1 Å². The first-order valence-electron chi connectivity index (χ1n) is 8.07. The number of thioether (sulfide) groups is 1. The Kier molecular flexibility index (Phi) is 5.85. The van der Waals surface area contributed by atoms with Gasteiger partial charge in [0.1, 0.15) is 0 Å². The second-order valence-corrected chi connectivity index (χ2v) is 6.65. The molecule has 8 heteroatoms. The average molecular weight is 391 g/mol. The minimum Gasteiger partial charge on any atom is -0.325 e. The Balaban J connectivity index is 1.62. The number of benzene rings is 2. The number of halogens is 3. The molecule has 3 aromatic rings. The molecule has 0 aliphatic heterocycles. The predicted octanol–water partition coefficient (Wildman–Crippen LogP) is 4.68. The minimum absolute atomic E-state index is 0.0437. The van der Waals surface area contributed by atoms with Crippen molar-refractivity contribution in [1.29, 1.82) is 0 Å². The third-order valence-corrected chi connectivity index (χ3v) is 4.72. The van der Waals surface area contributed by atoms with Crippen molar-refractivity contribution in [2.75, 3.05) is 11.1 Å². The van der Waals surface area contributed by atoms with Crippen LogP contribution in [0.3, 0.4) is 0 Å². The van der Waals surface area contributed by atoms with Crippen LogP contribution < -0.4 is 5.32 Å². The summed E-state index contributed by atoms with van der Waals surface area (Å²) in [6.45, 7) is 0.599. The first-order valence-corrected chi connectivity index (χ1v) is 9.06. The normalized spacial score (nSPS) is 11.4. The lowest BCUT2D eigenvalue weighted by atomic mass is 10.1. The van der Waals surface area contributed by atoms with Crippen LogP contribution in [0.1, 0.15) is 11.1 Å². The lowest BCUT2D eigenvalue weighted by Crippen LogP contribution is -2.18. The maximum atomic E-state index is 13.0. The topological polar surface area (TPSA) is 46.9 Å². The standard InChI is InChI=1S/C19H16F3N3OS/c20-19(21,22)15-8-4-5-9-16(15)24-17(26)13-27-18-23-10-11-25(18)12-14-6-2-1-3-7-14/h1-11H,12-13H2,(H,24,26). The van der Waals surface area contributed by atoms with E-state index in [-0.39, 0.29) is 11.4 Å². The van der Waals surface area contributed by atoms with Gasteiger partial charge in [0.25, 0.3) is 0 Å². The highest BCUT2D eigenvalue weighted by Crippen LogP contribution is 2.34. The Bertz CT molecular complexity index is 910. The van der Waals surface area contributed by atoms with Crippen molar-refractivity contribution >= 4 is 23.4 Å². The first kappa shape index (κ1) is 19.0. The lowest BCUT2D eigenvalue weighted by Gasteiger charge is -2.13. The summed E-state index contributed by atoms with van der Waals surface area (Å²) in [7, 11) is 0. The van der Waals surface area contributed by atoms with Gasteiger partial charge < -0.3 is 9.88 Å². The molecule has 140 valence electrons. The summed E-state index contributed by atoms with van der Waals surface area (Å²) in [5.41, 5.74) is -0.0296. The van der Waals surface area contributed by atoms with Gasteiger partial charge in [-0.2, -0.15) is 13.2 Å². The van der Waals surface area contributed by atoms with E-state index in [4.69, 9.17) is 0 Å². The molecule has 3 rings (SSSR count). The Labute approximate surface area is 158 Å². The molecule has 0 aliphatic rings. The van der Waals surface area contributed by atoms with E-state index in [1.165, 1.54) is 30.0 Å². The van der Waals surface area contributed by atoms with E-state index in [0.717, 1.165) is 11.6 Å². The van der Waals surface area contributed by atoms with Gasteiger partial charge in [-0.15, -0.1) is 0 Å². The van der Waals surface area contributed by atoms with Crippen LogP contribution in [0, 0.1) is 0 Å². The monoisotopic (exact) mass is 391 g/mol. The van der Waals surface area contributed by atoms with Gasteiger partial charge in [0.2, 0.25) is 5.91 Å². The molecule has 0 bridgehead atoms. The van der Waals surface area contributed by atoms with Gasteiger partial charge in [0, 0.05) is 18.9 Å². The Morgan fingerprint density at radius 3 is 2.52 bits per heavy atom. The smallest absolute Gasteiger partial charge is 0.325 e. The van der Waals surface area contributed by atoms with Gasteiger partial charge in [-0.05, 0) is 17.7 Å². The van der Waals surface area contributed by atoms with Crippen LogP contribution in [0.25, 0.3) is 0 Å². The van der Waals surface area contributed by atoms with Crippen LogP contribution >= 0.6 is 11.8 Å². The van der Waals surface area contributed by atoms with Crippen LogP contribution in [-0.4, -0.2) is 21.2 Å². The largest absolute Gasteiger partial charge is 0.418 e. The average Bonchev–Trinajstić information content (AvgIpc) is 3.07. The van der Waals surface area contributed by atoms with Crippen LogP contribution in [0.2, 0.25) is 0 Å². The molecule has 0 fully saturated rings. The van der Waals surface area contributed by atoms with Gasteiger partial charge in [-0.1, -0.05) is 54.2 Å². The van der Waals surface area contributed by atoms with Gasteiger partial charge in [0.15, 0.2) is 5.16 Å². The molecule has 0 spiro atoms. The highest BCUT2D eigenvalue weighted by molar-refractivity contribution is 7.99. The number of alkyl halides is 3. The zero-order valence-corrected chi connectivity index (χ0v) is 14.9. The number of imidazole rings is 1. The summed E-state index contributed by atoms with van der Waals surface area (Å²) in [5, 5.41) is 2.96. The summed E-state index contributed by atoms with van der Waals surface area (Å²) >= 11 is 1.17.